The van der Waals surface area contributed by atoms with Crippen molar-refractivity contribution in [1.29, 1.82) is 0 Å². The van der Waals surface area contributed by atoms with E-state index in [4.69, 9.17) is 10.5 Å². The van der Waals surface area contributed by atoms with Gasteiger partial charge >= 0.3 is 0 Å². The monoisotopic (exact) mass is 282 g/mol. The first-order valence-corrected chi connectivity index (χ1v) is 7.91. The number of rotatable bonds is 3. The summed E-state index contributed by atoms with van der Waals surface area (Å²) < 4.78 is 32.2. The molecule has 1 aliphatic carbocycles. The molecular formula is C13H18N2O3S. The molecule has 104 valence electrons. The maximum absolute atomic E-state index is 12.7. The summed E-state index contributed by atoms with van der Waals surface area (Å²) in [6.07, 6.45) is 3.12. The summed E-state index contributed by atoms with van der Waals surface area (Å²) >= 11 is 0. The standard InChI is InChI=1S/C13H18N2O3S/c1-18-12-7-10(14)3-5-13(12)19(16,17)15-8-9-2-4-11(15)6-9/h3,5,7,9,11H,2,4,6,8,14H2,1H3. The van der Waals surface area contributed by atoms with Crippen LogP contribution in [0.4, 0.5) is 5.69 Å². The normalized spacial score (nSPS) is 26.8. The average molecular weight is 282 g/mol. The molecule has 1 aromatic rings. The van der Waals surface area contributed by atoms with Crippen LogP contribution in [0.25, 0.3) is 0 Å². The molecule has 5 nitrogen and oxygen atoms in total. The topological polar surface area (TPSA) is 72.6 Å². The molecule has 3 rings (SSSR count). The van der Waals surface area contributed by atoms with Crippen LogP contribution in [-0.2, 0) is 10.0 Å². The number of benzene rings is 1. The summed E-state index contributed by atoms with van der Waals surface area (Å²) in [5, 5.41) is 0. The average Bonchev–Trinajstić information content (AvgIpc) is 3.00. The number of sulfonamides is 1. The minimum absolute atomic E-state index is 0.164. The summed E-state index contributed by atoms with van der Waals surface area (Å²) in [6.45, 7) is 0.639. The zero-order valence-electron chi connectivity index (χ0n) is 10.9. The van der Waals surface area contributed by atoms with Crippen LogP contribution < -0.4 is 10.5 Å². The van der Waals surface area contributed by atoms with E-state index in [1.54, 1.807) is 16.4 Å². The van der Waals surface area contributed by atoms with Gasteiger partial charge in [0.15, 0.2) is 0 Å². The summed E-state index contributed by atoms with van der Waals surface area (Å²) in [5.41, 5.74) is 6.17. The summed E-state index contributed by atoms with van der Waals surface area (Å²) in [5.74, 6) is 0.849. The van der Waals surface area contributed by atoms with Gasteiger partial charge in [-0.1, -0.05) is 0 Å². The van der Waals surface area contributed by atoms with E-state index in [2.05, 4.69) is 0 Å². The van der Waals surface area contributed by atoms with Crippen molar-refractivity contribution in [3.63, 3.8) is 0 Å². The Labute approximate surface area is 113 Å². The van der Waals surface area contributed by atoms with Gasteiger partial charge in [-0.3, -0.25) is 0 Å². The van der Waals surface area contributed by atoms with Gasteiger partial charge < -0.3 is 10.5 Å². The molecule has 0 amide bonds. The van der Waals surface area contributed by atoms with Gasteiger partial charge in [-0.15, -0.1) is 0 Å². The second-order valence-electron chi connectivity index (χ2n) is 5.32. The Hall–Kier alpha value is -1.27. The minimum atomic E-state index is -3.48. The molecule has 2 aliphatic rings. The number of hydrogen-bond acceptors (Lipinski definition) is 4. The Bertz CT molecular complexity index is 600. The quantitative estimate of drug-likeness (QED) is 0.852. The second kappa shape index (κ2) is 4.38. The highest BCUT2D eigenvalue weighted by atomic mass is 32.2. The fourth-order valence-corrected chi connectivity index (χ4v) is 5.08. The van der Waals surface area contributed by atoms with E-state index in [0.717, 1.165) is 19.3 Å². The lowest BCUT2D eigenvalue weighted by molar-refractivity contribution is 0.330. The van der Waals surface area contributed by atoms with Crippen molar-refractivity contribution in [2.75, 3.05) is 19.4 Å². The number of methoxy groups -OCH3 is 1. The number of anilines is 1. The molecule has 1 saturated carbocycles. The molecule has 1 saturated heterocycles. The van der Waals surface area contributed by atoms with Crippen LogP contribution in [0.5, 0.6) is 5.75 Å². The molecule has 1 aliphatic heterocycles. The SMILES string of the molecule is COc1cc(N)ccc1S(=O)(=O)N1CC2CCC1C2. The third kappa shape index (κ3) is 1.99. The number of nitrogens with zero attached hydrogens (tertiary/aromatic N) is 1. The van der Waals surface area contributed by atoms with Crippen molar-refractivity contribution in [1.82, 2.24) is 4.31 Å². The highest BCUT2D eigenvalue weighted by Crippen LogP contribution is 2.41. The second-order valence-corrected chi connectivity index (χ2v) is 7.18. The van der Waals surface area contributed by atoms with E-state index in [9.17, 15) is 8.42 Å². The Balaban J connectivity index is 2.01. The molecule has 0 spiro atoms. The van der Waals surface area contributed by atoms with Gasteiger partial charge in [-0.2, -0.15) is 4.31 Å². The van der Waals surface area contributed by atoms with E-state index in [1.165, 1.54) is 13.2 Å². The third-order valence-electron chi connectivity index (χ3n) is 4.13. The lowest BCUT2D eigenvalue weighted by atomic mass is 10.1. The maximum Gasteiger partial charge on any atom is 0.247 e. The highest BCUT2D eigenvalue weighted by Gasteiger charge is 2.44. The molecule has 2 unspecified atom stereocenters. The predicted molar refractivity (Wildman–Crippen MR) is 72.4 cm³/mol. The van der Waals surface area contributed by atoms with Crippen molar-refractivity contribution in [2.24, 2.45) is 5.92 Å². The Morgan fingerprint density at radius 1 is 1.37 bits per heavy atom. The van der Waals surface area contributed by atoms with E-state index >= 15 is 0 Å². The van der Waals surface area contributed by atoms with E-state index in [0.29, 0.717) is 23.9 Å². The largest absolute Gasteiger partial charge is 0.495 e. The van der Waals surface area contributed by atoms with Gasteiger partial charge in [-0.05, 0) is 37.3 Å². The molecule has 0 aromatic heterocycles. The lowest BCUT2D eigenvalue weighted by Crippen LogP contribution is -2.37. The molecular weight excluding hydrogens is 264 g/mol. The summed E-state index contributed by atoms with van der Waals surface area (Å²) in [6, 6.07) is 4.86. The summed E-state index contributed by atoms with van der Waals surface area (Å²) in [4.78, 5) is 0.219. The van der Waals surface area contributed by atoms with Crippen LogP contribution >= 0.6 is 0 Å². The molecule has 2 bridgehead atoms. The van der Waals surface area contributed by atoms with Crippen molar-refractivity contribution < 1.29 is 13.2 Å². The number of piperidine rings is 1. The van der Waals surface area contributed by atoms with Crippen molar-refractivity contribution in [2.45, 2.75) is 30.2 Å². The van der Waals surface area contributed by atoms with Gasteiger partial charge in [0.1, 0.15) is 10.6 Å². The molecule has 6 heteroatoms. The zero-order chi connectivity index (χ0) is 13.6. The van der Waals surface area contributed by atoms with Gasteiger partial charge in [0, 0.05) is 24.3 Å². The first-order valence-electron chi connectivity index (χ1n) is 6.47. The highest BCUT2D eigenvalue weighted by molar-refractivity contribution is 7.89. The van der Waals surface area contributed by atoms with Gasteiger partial charge in [0.2, 0.25) is 10.0 Å². The molecule has 2 N–H and O–H groups in total. The molecule has 1 aromatic carbocycles. The number of ether oxygens (including phenoxy) is 1. The van der Waals surface area contributed by atoms with Gasteiger partial charge in [0.25, 0.3) is 0 Å². The lowest BCUT2D eigenvalue weighted by Gasteiger charge is -2.26. The molecule has 2 atom stereocenters. The van der Waals surface area contributed by atoms with Crippen LogP contribution in [-0.4, -0.2) is 32.4 Å². The smallest absolute Gasteiger partial charge is 0.247 e. The van der Waals surface area contributed by atoms with Crippen molar-refractivity contribution in [3.05, 3.63) is 18.2 Å². The Morgan fingerprint density at radius 2 is 2.16 bits per heavy atom. The molecule has 19 heavy (non-hydrogen) atoms. The Kier molecular flexibility index (Phi) is 2.94. The number of hydrogen-bond donors (Lipinski definition) is 1. The minimum Gasteiger partial charge on any atom is -0.495 e. The summed E-state index contributed by atoms with van der Waals surface area (Å²) in [7, 11) is -2.01. The number of nitrogens with two attached hydrogens (primary N) is 1. The number of nitrogen functional groups attached to an aromatic ring is 1. The zero-order valence-corrected chi connectivity index (χ0v) is 11.7. The molecule has 1 heterocycles. The maximum atomic E-state index is 12.7. The van der Waals surface area contributed by atoms with Gasteiger partial charge in [-0.25, -0.2) is 8.42 Å². The van der Waals surface area contributed by atoms with E-state index in [-0.39, 0.29) is 10.9 Å². The van der Waals surface area contributed by atoms with Crippen LogP contribution in [0.2, 0.25) is 0 Å². The molecule has 2 fully saturated rings. The first kappa shape index (κ1) is 12.7. The van der Waals surface area contributed by atoms with Crippen molar-refractivity contribution >= 4 is 15.7 Å². The predicted octanol–water partition coefficient (Wildman–Crippen LogP) is 1.45. The molecule has 0 radical (unpaired) electrons. The van der Waals surface area contributed by atoms with Crippen LogP contribution in [0, 0.1) is 5.92 Å². The Morgan fingerprint density at radius 3 is 2.74 bits per heavy atom. The van der Waals surface area contributed by atoms with Gasteiger partial charge in [0.05, 0.1) is 7.11 Å². The van der Waals surface area contributed by atoms with Crippen molar-refractivity contribution in [3.8, 4) is 5.75 Å². The van der Waals surface area contributed by atoms with E-state index in [1.807, 2.05) is 0 Å². The van der Waals surface area contributed by atoms with Crippen LogP contribution in [0.15, 0.2) is 23.1 Å². The third-order valence-corrected chi connectivity index (χ3v) is 6.09. The van der Waals surface area contributed by atoms with E-state index < -0.39 is 10.0 Å². The van der Waals surface area contributed by atoms with Crippen LogP contribution in [0.3, 0.4) is 0 Å². The number of fused-ring (bicyclic) bond motifs is 2. The first-order chi connectivity index (χ1) is 9.02. The fourth-order valence-electron chi connectivity index (χ4n) is 3.20. The fraction of sp³-hybridized carbons (Fsp3) is 0.538. The van der Waals surface area contributed by atoms with Crippen LogP contribution in [0.1, 0.15) is 19.3 Å².